The topological polar surface area (TPSA) is 70.2 Å². The number of nitrogens with zero attached hydrogens (tertiary/aromatic N) is 2. The van der Waals surface area contributed by atoms with Gasteiger partial charge >= 0.3 is 6.03 Å². The van der Waals surface area contributed by atoms with Crippen LogP contribution in [0.2, 0.25) is 0 Å². The first-order valence-corrected chi connectivity index (χ1v) is 7.98. The number of carbonyl (C=O) groups excluding carboxylic acids is 1. The Morgan fingerprint density at radius 3 is 2.96 bits per heavy atom. The number of terminal acetylenes is 1. The van der Waals surface area contributed by atoms with Gasteiger partial charge in [-0.3, -0.25) is 5.10 Å². The third-order valence-electron chi connectivity index (χ3n) is 4.10. The largest absolute Gasteiger partial charge is 0.481 e. The lowest BCUT2D eigenvalue weighted by atomic mass is 9.95. The number of amides is 2. The van der Waals surface area contributed by atoms with Gasteiger partial charge in [-0.2, -0.15) is 5.10 Å². The summed E-state index contributed by atoms with van der Waals surface area (Å²) in [5.41, 5.74) is 1.82. The minimum Gasteiger partial charge on any atom is -0.481 e. The number of rotatable bonds is 4. The van der Waals surface area contributed by atoms with Gasteiger partial charge in [-0.15, -0.1) is 6.42 Å². The number of benzene rings is 1. The van der Waals surface area contributed by atoms with E-state index in [4.69, 9.17) is 11.2 Å². The van der Waals surface area contributed by atoms with Crippen LogP contribution >= 0.6 is 0 Å². The van der Waals surface area contributed by atoms with Crippen LogP contribution in [0.3, 0.4) is 0 Å². The monoisotopic (exact) mass is 324 g/mol. The number of H-pyrrole nitrogens is 1. The van der Waals surface area contributed by atoms with Gasteiger partial charge in [-0.05, 0) is 43.2 Å². The lowest BCUT2D eigenvalue weighted by molar-refractivity contribution is 0.192. The van der Waals surface area contributed by atoms with Crippen LogP contribution in [0, 0.1) is 12.3 Å². The van der Waals surface area contributed by atoms with Crippen molar-refractivity contribution in [3.63, 3.8) is 0 Å². The fraction of sp³-hybridized carbons (Fsp3) is 0.333. The molecule has 6 heteroatoms. The zero-order chi connectivity index (χ0) is 16.8. The number of aromatic nitrogens is 2. The molecule has 2 aromatic rings. The Balaban J connectivity index is 1.57. The van der Waals surface area contributed by atoms with Gasteiger partial charge in [-0.1, -0.05) is 5.92 Å². The van der Waals surface area contributed by atoms with Crippen LogP contribution in [0.4, 0.5) is 10.5 Å². The van der Waals surface area contributed by atoms with E-state index in [0.717, 1.165) is 30.8 Å². The first-order chi connectivity index (χ1) is 11.8. The molecule has 3 rings (SSSR count). The van der Waals surface area contributed by atoms with Gasteiger partial charge in [-0.25, -0.2) is 4.79 Å². The van der Waals surface area contributed by atoms with Crippen molar-refractivity contribution < 1.29 is 9.53 Å². The number of carbonyl (C=O) groups is 1. The molecule has 1 aromatic heterocycles. The number of ether oxygens (including phenoxy) is 1. The third-order valence-corrected chi connectivity index (χ3v) is 4.10. The highest BCUT2D eigenvalue weighted by atomic mass is 16.5. The molecular formula is C18H20N4O2. The predicted octanol–water partition coefficient (Wildman–Crippen LogP) is 2.83. The fourth-order valence-corrected chi connectivity index (χ4v) is 2.87. The van der Waals surface area contributed by atoms with E-state index in [2.05, 4.69) is 21.4 Å². The SMILES string of the molecule is C#CCOc1ccc(NC(=O)N2CCCC(c3ccn[nH]3)C2)cc1. The number of hydrogen-bond donors (Lipinski definition) is 2. The normalized spacial score (nSPS) is 17.1. The molecule has 24 heavy (non-hydrogen) atoms. The van der Waals surface area contributed by atoms with Gasteiger partial charge in [0.25, 0.3) is 0 Å². The lowest BCUT2D eigenvalue weighted by Crippen LogP contribution is -2.41. The van der Waals surface area contributed by atoms with Gasteiger partial charge < -0.3 is 15.0 Å². The maximum absolute atomic E-state index is 12.5. The number of nitrogens with one attached hydrogen (secondary N) is 2. The number of anilines is 1. The van der Waals surface area contributed by atoms with Crippen molar-refractivity contribution in [2.24, 2.45) is 0 Å². The minimum absolute atomic E-state index is 0.0866. The van der Waals surface area contributed by atoms with Crippen LogP contribution < -0.4 is 10.1 Å². The van der Waals surface area contributed by atoms with E-state index in [1.165, 1.54) is 0 Å². The van der Waals surface area contributed by atoms with Gasteiger partial charge in [0, 0.05) is 36.6 Å². The van der Waals surface area contributed by atoms with Crippen molar-refractivity contribution in [3.05, 3.63) is 42.2 Å². The lowest BCUT2D eigenvalue weighted by Gasteiger charge is -2.32. The van der Waals surface area contributed by atoms with Crippen LogP contribution in [0.5, 0.6) is 5.75 Å². The van der Waals surface area contributed by atoms with Gasteiger partial charge in [0.15, 0.2) is 0 Å². The van der Waals surface area contributed by atoms with Crippen LogP contribution in [0.15, 0.2) is 36.5 Å². The second-order valence-corrected chi connectivity index (χ2v) is 5.74. The quantitative estimate of drug-likeness (QED) is 0.850. The molecule has 2 N–H and O–H groups in total. The first-order valence-electron chi connectivity index (χ1n) is 7.98. The fourth-order valence-electron chi connectivity index (χ4n) is 2.87. The maximum Gasteiger partial charge on any atom is 0.321 e. The van der Waals surface area contributed by atoms with E-state index in [0.29, 0.717) is 18.2 Å². The molecule has 1 aromatic carbocycles. The summed E-state index contributed by atoms with van der Waals surface area (Å²) in [5, 5.41) is 9.93. The molecule has 6 nitrogen and oxygen atoms in total. The standard InChI is InChI=1S/C18H20N4O2/c1-2-12-24-16-7-5-15(6-8-16)20-18(23)22-11-3-4-14(13-22)17-9-10-19-21-17/h1,5-10,14H,3-4,11-13H2,(H,19,21)(H,20,23). The summed E-state index contributed by atoms with van der Waals surface area (Å²) in [4.78, 5) is 14.3. The Hall–Kier alpha value is -2.94. The number of likely N-dealkylation sites (tertiary alicyclic amines) is 1. The Morgan fingerprint density at radius 1 is 1.42 bits per heavy atom. The average molecular weight is 324 g/mol. The molecule has 1 aliphatic rings. The highest BCUT2D eigenvalue weighted by molar-refractivity contribution is 5.89. The number of aromatic amines is 1. The summed E-state index contributed by atoms with van der Waals surface area (Å²) < 4.78 is 5.32. The maximum atomic E-state index is 12.5. The molecule has 1 unspecified atom stereocenters. The van der Waals surface area contributed by atoms with E-state index in [1.807, 2.05) is 11.0 Å². The molecule has 0 saturated carbocycles. The molecule has 1 aliphatic heterocycles. The van der Waals surface area contributed by atoms with Crippen molar-refractivity contribution in [1.82, 2.24) is 15.1 Å². The molecule has 2 amide bonds. The predicted molar refractivity (Wildman–Crippen MR) is 91.9 cm³/mol. The van der Waals surface area contributed by atoms with Gasteiger partial charge in [0.05, 0.1) is 0 Å². The number of hydrogen-bond acceptors (Lipinski definition) is 3. The smallest absolute Gasteiger partial charge is 0.321 e. The Morgan fingerprint density at radius 2 is 2.25 bits per heavy atom. The zero-order valence-corrected chi connectivity index (χ0v) is 13.4. The third kappa shape index (κ3) is 3.87. The molecule has 124 valence electrons. The summed E-state index contributed by atoms with van der Waals surface area (Å²) in [6.07, 6.45) is 8.95. The molecular weight excluding hydrogens is 304 g/mol. The molecule has 1 saturated heterocycles. The van der Waals surface area contributed by atoms with E-state index < -0.39 is 0 Å². The van der Waals surface area contributed by atoms with E-state index in [9.17, 15) is 4.79 Å². The molecule has 2 heterocycles. The van der Waals surface area contributed by atoms with Crippen LogP contribution in [-0.4, -0.2) is 40.8 Å². The van der Waals surface area contributed by atoms with Gasteiger partial charge in [0.1, 0.15) is 12.4 Å². The molecule has 0 aliphatic carbocycles. The minimum atomic E-state index is -0.0866. The van der Waals surface area contributed by atoms with E-state index in [1.54, 1.807) is 30.5 Å². The molecule has 0 radical (unpaired) electrons. The summed E-state index contributed by atoms with van der Waals surface area (Å²) in [6, 6.07) is 9.07. The zero-order valence-electron chi connectivity index (χ0n) is 13.4. The molecule has 1 atom stereocenters. The average Bonchev–Trinajstić information content (AvgIpc) is 3.16. The van der Waals surface area contributed by atoms with Crippen LogP contribution in [0.1, 0.15) is 24.5 Å². The first kappa shape index (κ1) is 15.9. The molecule has 1 fully saturated rings. The summed E-state index contributed by atoms with van der Waals surface area (Å²) >= 11 is 0. The van der Waals surface area contributed by atoms with E-state index in [-0.39, 0.29) is 12.6 Å². The van der Waals surface area contributed by atoms with Crippen LogP contribution in [-0.2, 0) is 0 Å². The van der Waals surface area contributed by atoms with E-state index >= 15 is 0 Å². The number of piperidine rings is 1. The second-order valence-electron chi connectivity index (χ2n) is 5.74. The summed E-state index contributed by atoms with van der Waals surface area (Å²) in [5.74, 6) is 3.41. The molecule has 0 spiro atoms. The van der Waals surface area contributed by atoms with Crippen molar-refractivity contribution in [2.75, 3.05) is 25.0 Å². The Labute approximate surface area is 141 Å². The van der Waals surface area contributed by atoms with Crippen molar-refractivity contribution in [2.45, 2.75) is 18.8 Å². The van der Waals surface area contributed by atoms with Crippen molar-refractivity contribution >= 4 is 11.7 Å². The number of urea groups is 1. The molecule has 0 bridgehead atoms. The Kier molecular flexibility index (Phi) is 5.02. The van der Waals surface area contributed by atoms with Crippen molar-refractivity contribution in [3.8, 4) is 18.1 Å². The highest BCUT2D eigenvalue weighted by Gasteiger charge is 2.25. The highest BCUT2D eigenvalue weighted by Crippen LogP contribution is 2.25. The summed E-state index contributed by atoms with van der Waals surface area (Å²) in [7, 11) is 0. The van der Waals surface area contributed by atoms with Crippen LogP contribution in [0.25, 0.3) is 0 Å². The second kappa shape index (κ2) is 7.55. The van der Waals surface area contributed by atoms with Crippen molar-refractivity contribution in [1.29, 1.82) is 0 Å². The summed E-state index contributed by atoms with van der Waals surface area (Å²) in [6.45, 7) is 1.69. The Bertz CT molecular complexity index is 704. The van der Waals surface area contributed by atoms with Gasteiger partial charge in [0.2, 0.25) is 0 Å².